The number of carbonyl (C=O) groups excluding carboxylic acids is 2. The molecule has 0 aromatic heterocycles. The van der Waals surface area contributed by atoms with Gasteiger partial charge in [0.05, 0.1) is 28.4 Å². The Labute approximate surface area is 154 Å². The van der Waals surface area contributed by atoms with Gasteiger partial charge in [0.2, 0.25) is 0 Å². The Morgan fingerprint density at radius 1 is 1.04 bits per heavy atom. The number of halogens is 1. The summed E-state index contributed by atoms with van der Waals surface area (Å²) in [6.45, 7) is 2.27. The van der Waals surface area contributed by atoms with E-state index in [4.69, 9.17) is 14.2 Å². The maximum atomic E-state index is 12.2. The molecule has 0 heterocycles. The molecule has 2 aromatic carbocycles. The largest absolute Gasteiger partial charge is 0.496 e. The third-order valence-electron chi connectivity index (χ3n) is 3.11. The fourth-order valence-corrected chi connectivity index (χ4v) is 2.66. The number of hydrogen-bond donors (Lipinski definition) is 0. The second-order valence-corrected chi connectivity index (χ2v) is 6.06. The molecule has 5 nitrogen and oxygen atoms in total. The Kier molecular flexibility index (Phi) is 6.60. The van der Waals surface area contributed by atoms with Crippen LogP contribution in [0.5, 0.6) is 11.5 Å². The van der Waals surface area contributed by atoms with E-state index in [-0.39, 0.29) is 5.75 Å². The highest BCUT2D eigenvalue weighted by Gasteiger charge is 2.13. The summed E-state index contributed by atoms with van der Waals surface area (Å²) in [4.78, 5) is 24.1. The van der Waals surface area contributed by atoms with E-state index in [0.717, 1.165) is 9.99 Å². The first kappa shape index (κ1) is 18.3. The zero-order valence-electron chi connectivity index (χ0n) is 13.4. The highest BCUT2D eigenvalue weighted by atomic mass is 127. The number of hydrogen-bond acceptors (Lipinski definition) is 5. The van der Waals surface area contributed by atoms with Crippen molar-refractivity contribution in [3.63, 3.8) is 0 Å². The van der Waals surface area contributed by atoms with Crippen molar-refractivity contribution in [3.8, 4) is 11.5 Å². The molecule has 2 aromatic rings. The van der Waals surface area contributed by atoms with Crippen molar-refractivity contribution in [1.29, 1.82) is 0 Å². The van der Waals surface area contributed by atoms with E-state index in [1.54, 1.807) is 43.5 Å². The first-order valence-electron chi connectivity index (χ1n) is 7.38. The topological polar surface area (TPSA) is 61.8 Å². The Hall–Kier alpha value is -2.09. The number of benzene rings is 2. The molecule has 0 N–H and O–H groups in total. The molecule has 126 valence electrons. The average molecular weight is 440 g/mol. The van der Waals surface area contributed by atoms with Crippen molar-refractivity contribution in [2.75, 3.05) is 13.7 Å². The first-order chi connectivity index (χ1) is 11.5. The van der Waals surface area contributed by atoms with Crippen molar-refractivity contribution < 1.29 is 23.8 Å². The van der Waals surface area contributed by atoms with Gasteiger partial charge in [-0.2, -0.15) is 0 Å². The van der Waals surface area contributed by atoms with Crippen molar-refractivity contribution >= 4 is 34.5 Å². The number of carbonyl (C=O) groups is 2. The SMILES string of the molecule is CCCOC(=O)c1cccc(OC(=O)c2ccc(OC)c(I)c2)c1. The van der Waals surface area contributed by atoms with Crippen LogP contribution in [0.15, 0.2) is 42.5 Å². The molecule has 0 unspecified atom stereocenters. The highest BCUT2D eigenvalue weighted by molar-refractivity contribution is 14.1. The molecular weight excluding hydrogens is 423 g/mol. The minimum Gasteiger partial charge on any atom is -0.496 e. The molecule has 0 bridgehead atoms. The fraction of sp³-hybridized carbons (Fsp3) is 0.222. The quantitative estimate of drug-likeness (QED) is 0.385. The predicted octanol–water partition coefficient (Wildman–Crippen LogP) is 4.09. The van der Waals surface area contributed by atoms with Gasteiger partial charge in [-0.3, -0.25) is 0 Å². The number of methoxy groups -OCH3 is 1. The molecule has 0 saturated carbocycles. The summed E-state index contributed by atoms with van der Waals surface area (Å²) >= 11 is 2.08. The standard InChI is InChI=1S/C18H17IO5/c1-3-9-23-17(20)12-5-4-6-14(10-12)24-18(21)13-7-8-16(22-2)15(19)11-13/h4-8,10-11H,3,9H2,1-2H3. The smallest absolute Gasteiger partial charge is 0.343 e. The summed E-state index contributed by atoms with van der Waals surface area (Å²) in [6.07, 6.45) is 0.747. The minimum atomic E-state index is -0.505. The lowest BCUT2D eigenvalue weighted by Crippen LogP contribution is -2.10. The summed E-state index contributed by atoms with van der Waals surface area (Å²) < 4.78 is 16.4. The van der Waals surface area contributed by atoms with Gasteiger partial charge >= 0.3 is 11.9 Å². The lowest BCUT2D eigenvalue weighted by molar-refractivity contribution is 0.0503. The summed E-state index contributed by atoms with van der Waals surface area (Å²) in [5.74, 6) is 0.0352. The van der Waals surface area contributed by atoms with Crippen LogP contribution in [0.2, 0.25) is 0 Å². The van der Waals surface area contributed by atoms with Crippen LogP contribution in [-0.4, -0.2) is 25.7 Å². The summed E-state index contributed by atoms with van der Waals surface area (Å²) in [5, 5.41) is 0. The Morgan fingerprint density at radius 2 is 1.79 bits per heavy atom. The second-order valence-electron chi connectivity index (χ2n) is 4.90. The Bertz CT molecular complexity index is 742. The second kappa shape index (κ2) is 8.68. The van der Waals surface area contributed by atoms with Crippen molar-refractivity contribution in [2.24, 2.45) is 0 Å². The molecule has 0 atom stereocenters. The van der Waals surface area contributed by atoms with Gasteiger partial charge in [-0.1, -0.05) is 13.0 Å². The fourth-order valence-electron chi connectivity index (χ4n) is 1.92. The number of esters is 2. The molecule has 0 radical (unpaired) electrons. The molecule has 0 fully saturated rings. The van der Waals surface area contributed by atoms with E-state index in [9.17, 15) is 9.59 Å². The van der Waals surface area contributed by atoms with Crippen LogP contribution in [0, 0.1) is 3.57 Å². The molecule has 0 spiro atoms. The maximum Gasteiger partial charge on any atom is 0.343 e. The van der Waals surface area contributed by atoms with Crippen molar-refractivity contribution in [1.82, 2.24) is 0 Å². The van der Waals surface area contributed by atoms with Gasteiger partial charge in [-0.05, 0) is 65.4 Å². The van der Waals surface area contributed by atoms with Crippen LogP contribution in [0.4, 0.5) is 0 Å². The van der Waals surface area contributed by atoms with Crippen LogP contribution in [-0.2, 0) is 4.74 Å². The lowest BCUT2D eigenvalue weighted by atomic mass is 10.2. The van der Waals surface area contributed by atoms with Crippen molar-refractivity contribution in [3.05, 3.63) is 57.2 Å². The third-order valence-corrected chi connectivity index (χ3v) is 3.95. The van der Waals surface area contributed by atoms with Crippen molar-refractivity contribution in [2.45, 2.75) is 13.3 Å². The third kappa shape index (κ3) is 4.70. The maximum absolute atomic E-state index is 12.2. The summed E-state index contributed by atoms with van der Waals surface area (Å²) in [7, 11) is 1.57. The molecule has 0 aliphatic carbocycles. The molecule has 0 amide bonds. The molecule has 0 aliphatic rings. The lowest BCUT2D eigenvalue weighted by Gasteiger charge is -2.08. The zero-order valence-corrected chi connectivity index (χ0v) is 15.5. The van der Waals surface area contributed by atoms with Crippen LogP contribution in [0.1, 0.15) is 34.1 Å². The van der Waals surface area contributed by atoms with E-state index >= 15 is 0 Å². The highest BCUT2D eigenvalue weighted by Crippen LogP contribution is 2.23. The van der Waals surface area contributed by atoms with Gasteiger partial charge < -0.3 is 14.2 Å². The Morgan fingerprint density at radius 3 is 2.46 bits per heavy atom. The van der Waals surface area contributed by atoms with E-state index in [1.165, 1.54) is 6.07 Å². The normalized spacial score (nSPS) is 10.1. The van der Waals surface area contributed by atoms with Crippen LogP contribution in [0.25, 0.3) is 0 Å². The Balaban J connectivity index is 2.11. The first-order valence-corrected chi connectivity index (χ1v) is 8.46. The van der Waals surface area contributed by atoms with Gasteiger partial charge in [0.1, 0.15) is 11.5 Å². The average Bonchev–Trinajstić information content (AvgIpc) is 2.59. The molecule has 24 heavy (non-hydrogen) atoms. The zero-order chi connectivity index (χ0) is 17.5. The molecular formula is C18H17IO5. The van der Waals surface area contributed by atoms with Crippen LogP contribution < -0.4 is 9.47 Å². The van der Waals surface area contributed by atoms with E-state index in [1.807, 2.05) is 6.92 Å². The molecule has 0 saturated heterocycles. The predicted molar refractivity (Wildman–Crippen MR) is 97.7 cm³/mol. The molecule has 0 aliphatic heterocycles. The van der Waals surface area contributed by atoms with Crippen LogP contribution in [0.3, 0.4) is 0 Å². The van der Waals surface area contributed by atoms with Gasteiger partial charge in [0, 0.05) is 0 Å². The van der Waals surface area contributed by atoms with Gasteiger partial charge in [0.15, 0.2) is 0 Å². The monoisotopic (exact) mass is 440 g/mol. The minimum absolute atomic E-state index is 0.289. The summed E-state index contributed by atoms with van der Waals surface area (Å²) in [6, 6.07) is 11.4. The van der Waals surface area contributed by atoms with Gasteiger partial charge in [-0.15, -0.1) is 0 Å². The summed E-state index contributed by atoms with van der Waals surface area (Å²) in [5.41, 5.74) is 0.747. The van der Waals surface area contributed by atoms with Gasteiger partial charge in [-0.25, -0.2) is 9.59 Å². The van der Waals surface area contributed by atoms with Crippen LogP contribution >= 0.6 is 22.6 Å². The van der Waals surface area contributed by atoms with E-state index in [0.29, 0.717) is 23.5 Å². The number of rotatable bonds is 6. The van der Waals surface area contributed by atoms with E-state index < -0.39 is 11.9 Å². The van der Waals surface area contributed by atoms with E-state index in [2.05, 4.69) is 22.6 Å². The number of ether oxygens (including phenoxy) is 3. The molecule has 6 heteroatoms. The molecule has 2 rings (SSSR count). The van der Waals surface area contributed by atoms with Gasteiger partial charge in [0.25, 0.3) is 0 Å².